The van der Waals surface area contributed by atoms with E-state index in [9.17, 15) is 4.79 Å². The molecule has 0 unspecified atom stereocenters. The molecule has 0 spiro atoms. The van der Waals surface area contributed by atoms with Crippen molar-refractivity contribution < 1.29 is 14.3 Å². The quantitative estimate of drug-likeness (QED) is 0.478. The van der Waals surface area contributed by atoms with Gasteiger partial charge in [0.05, 0.1) is 12.8 Å². The van der Waals surface area contributed by atoms with Crippen LogP contribution in [0, 0.1) is 5.92 Å². The minimum Gasteiger partial charge on any atom is -0.495 e. The molecule has 0 bridgehead atoms. The van der Waals surface area contributed by atoms with Crippen molar-refractivity contribution in [2.24, 2.45) is 5.92 Å². The van der Waals surface area contributed by atoms with Crippen LogP contribution in [0.1, 0.15) is 35.6 Å². The predicted octanol–water partition coefficient (Wildman–Crippen LogP) is 4.10. The fourth-order valence-electron chi connectivity index (χ4n) is 3.07. The fourth-order valence-corrected chi connectivity index (χ4v) is 4.04. The van der Waals surface area contributed by atoms with Gasteiger partial charge in [0.25, 0.3) is 5.91 Å². The van der Waals surface area contributed by atoms with Crippen LogP contribution in [0.25, 0.3) is 5.69 Å². The molecule has 0 atom stereocenters. The molecule has 0 radical (unpaired) electrons. The summed E-state index contributed by atoms with van der Waals surface area (Å²) in [5, 5.41) is 12.4. The second kappa shape index (κ2) is 11.0. The maximum absolute atomic E-state index is 12.7. The minimum absolute atomic E-state index is 0.0591. The van der Waals surface area contributed by atoms with Crippen molar-refractivity contribution in [1.29, 1.82) is 0 Å². The van der Waals surface area contributed by atoms with Crippen LogP contribution in [0.3, 0.4) is 0 Å². The van der Waals surface area contributed by atoms with Gasteiger partial charge in [-0.3, -0.25) is 9.36 Å². The van der Waals surface area contributed by atoms with Gasteiger partial charge in [-0.05, 0) is 29.7 Å². The number of hydrogen-bond donors (Lipinski definition) is 1. The highest BCUT2D eigenvalue weighted by molar-refractivity contribution is 7.98. The van der Waals surface area contributed by atoms with Crippen LogP contribution in [-0.2, 0) is 17.1 Å². The molecule has 164 valence electrons. The normalized spacial score (nSPS) is 11.0. The van der Waals surface area contributed by atoms with Gasteiger partial charge in [0.2, 0.25) is 0 Å². The standard InChI is InChI=1S/C23H28N4O3S/c1-16(2)13-24-22(28)18-10-6-5-9-17(18)15-31-23-26-25-21(14-29-3)27(23)19-11-7-8-12-20(19)30-4/h5-12,16H,13-15H2,1-4H3,(H,24,28). The van der Waals surface area contributed by atoms with Crippen molar-refractivity contribution in [3.63, 3.8) is 0 Å². The Morgan fingerprint density at radius 2 is 1.84 bits per heavy atom. The van der Waals surface area contributed by atoms with Crippen LogP contribution in [0.15, 0.2) is 53.7 Å². The summed E-state index contributed by atoms with van der Waals surface area (Å²) in [4.78, 5) is 12.7. The minimum atomic E-state index is -0.0591. The topological polar surface area (TPSA) is 78.3 Å². The molecule has 7 nitrogen and oxygen atoms in total. The Kier molecular flexibility index (Phi) is 8.08. The molecular weight excluding hydrogens is 412 g/mol. The van der Waals surface area contributed by atoms with Crippen molar-refractivity contribution in [1.82, 2.24) is 20.1 Å². The van der Waals surface area contributed by atoms with E-state index in [4.69, 9.17) is 9.47 Å². The molecule has 3 rings (SSSR count). The number of nitrogens with zero attached hydrogens (tertiary/aromatic N) is 3. The van der Waals surface area contributed by atoms with Crippen molar-refractivity contribution in [3.05, 3.63) is 65.5 Å². The number of nitrogens with one attached hydrogen (secondary N) is 1. The third-order valence-corrected chi connectivity index (χ3v) is 5.57. The van der Waals surface area contributed by atoms with E-state index in [-0.39, 0.29) is 5.91 Å². The zero-order chi connectivity index (χ0) is 22.2. The highest BCUT2D eigenvalue weighted by Gasteiger charge is 2.19. The molecule has 2 aromatic carbocycles. The number of hydrogen-bond acceptors (Lipinski definition) is 6. The Labute approximate surface area is 187 Å². The lowest BCUT2D eigenvalue weighted by atomic mass is 10.1. The molecule has 1 N–H and O–H groups in total. The molecule has 0 aliphatic rings. The summed E-state index contributed by atoms with van der Waals surface area (Å²) in [5.74, 6) is 2.30. The smallest absolute Gasteiger partial charge is 0.251 e. The highest BCUT2D eigenvalue weighted by atomic mass is 32.2. The van der Waals surface area contributed by atoms with E-state index in [0.29, 0.717) is 41.4 Å². The first-order valence-electron chi connectivity index (χ1n) is 10.1. The number of carbonyl (C=O) groups excluding carboxylic acids is 1. The number of benzene rings is 2. The molecule has 0 saturated carbocycles. The Morgan fingerprint density at radius 3 is 2.58 bits per heavy atom. The van der Waals surface area contributed by atoms with Gasteiger partial charge in [-0.1, -0.05) is 55.9 Å². The Bertz CT molecular complexity index is 1020. The van der Waals surface area contributed by atoms with E-state index < -0.39 is 0 Å². The molecule has 8 heteroatoms. The van der Waals surface area contributed by atoms with Gasteiger partial charge in [-0.15, -0.1) is 10.2 Å². The molecule has 1 amide bonds. The van der Waals surface area contributed by atoms with E-state index in [1.807, 2.05) is 53.1 Å². The van der Waals surface area contributed by atoms with Gasteiger partial charge < -0.3 is 14.8 Å². The summed E-state index contributed by atoms with van der Waals surface area (Å²) < 4.78 is 12.8. The largest absolute Gasteiger partial charge is 0.495 e. The second-order valence-corrected chi connectivity index (χ2v) is 8.33. The molecule has 31 heavy (non-hydrogen) atoms. The SMILES string of the molecule is COCc1nnc(SCc2ccccc2C(=O)NCC(C)C)n1-c1ccccc1OC. The predicted molar refractivity (Wildman–Crippen MR) is 122 cm³/mol. The highest BCUT2D eigenvalue weighted by Crippen LogP contribution is 2.31. The van der Waals surface area contributed by atoms with Gasteiger partial charge in [0.15, 0.2) is 11.0 Å². The number of carbonyl (C=O) groups is 1. The monoisotopic (exact) mass is 440 g/mol. The summed E-state index contributed by atoms with van der Waals surface area (Å²) in [6.07, 6.45) is 0. The first-order chi connectivity index (χ1) is 15.0. The summed E-state index contributed by atoms with van der Waals surface area (Å²) in [6.45, 7) is 5.11. The molecule has 1 heterocycles. The maximum atomic E-state index is 12.7. The van der Waals surface area contributed by atoms with E-state index in [2.05, 4.69) is 29.4 Å². The third-order valence-electron chi connectivity index (χ3n) is 4.59. The number of aromatic nitrogens is 3. The van der Waals surface area contributed by atoms with E-state index >= 15 is 0 Å². The summed E-state index contributed by atoms with van der Waals surface area (Å²) in [6, 6.07) is 15.4. The van der Waals surface area contributed by atoms with E-state index in [1.54, 1.807) is 14.2 Å². The molecule has 0 saturated heterocycles. The van der Waals surface area contributed by atoms with Crippen LogP contribution in [-0.4, -0.2) is 41.4 Å². The molecule has 0 aliphatic heterocycles. The van der Waals surface area contributed by atoms with Gasteiger partial charge in [-0.2, -0.15) is 0 Å². The number of amides is 1. The summed E-state index contributed by atoms with van der Waals surface area (Å²) >= 11 is 1.52. The number of para-hydroxylation sites is 2. The van der Waals surface area contributed by atoms with Crippen LogP contribution >= 0.6 is 11.8 Å². The van der Waals surface area contributed by atoms with E-state index in [1.165, 1.54) is 11.8 Å². The Hall–Kier alpha value is -2.84. The number of thioether (sulfide) groups is 1. The molecule has 1 aromatic heterocycles. The van der Waals surface area contributed by atoms with Crippen molar-refractivity contribution >= 4 is 17.7 Å². The zero-order valence-corrected chi connectivity index (χ0v) is 19.1. The number of ether oxygens (including phenoxy) is 2. The van der Waals surface area contributed by atoms with E-state index in [0.717, 1.165) is 17.0 Å². The van der Waals surface area contributed by atoms with Crippen LogP contribution in [0.4, 0.5) is 0 Å². The molecule has 0 fully saturated rings. The number of methoxy groups -OCH3 is 2. The second-order valence-electron chi connectivity index (χ2n) is 7.39. The lowest BCUT2D eigenvalue weighted by Crippen LogP contribution is -2.28. The van der Waals surface area contributed by atoms with Gasteiger partial charge in [0.1, 0.15) is 12.4 Å². The van der Waals surface area contributed by atoms with Crippen LogP contribution in [0.5, 0.6) is 5.75 Å². The average Bonchev–Trinajstić information content (AvgIpc) is 3.18. The zero-order valence-electron chi connectivity index (χ0n) is 18.3. The molecule has 3 aromatic rings. The van der Waals surface area contributed by atoms with Gasteiger partial charge in [0, 0.05) is 25.0 Å². The average molecular weight is 441 g/mol. The lowest BCUT2D eigenvalue weighted by Gasteiger charge is -2.14. The first-order valence-corrected chi connectivity index (χ1v) is 11.1. The fraction of sp³-hybridized carbons (Fsp3) is 0.348. The molecule has 0 aliphatic carbocycles. The van der Waals surface area contributed by atoms with Gasteiger partial charge >= 0.3 is 0 Å². The molecular formula is C23H28N4O3S. The maximum Gasteiger partial charge on any atom is 0.251 e. The van der Waals surface area contributed by atoms with Crippen molar-refractivity contribution in [2.45, 2.75) is 31.4 Å². The van der Waals surface area contributed by atoms with Crippen LogP contribution < -0.4 is 10.1 Å². The Morgan fingerprint density at radius 1 is 1.10 bits per heavy atom. The first kappa shape index (κ1) is 22.8. The number of rotatable bonds is 10. The third kappa shape index (κ3) is 5.65. The van der Waals surface area contributed by atoms with Crippen LogP contribution in [0.2, 0.25) is 0 Å². The Balaban J connectivity index is 1.88. The lowest BCUT2D eigenvalue weighted by molar-refractivity contribution is 0.0948. The summed E-state index contributed by atoms with van der Waals surface area (Å²) in [7, 11) is 3.26. The van der Waals surface area contributed by atoms with Gasteiger partial charge in [-0.25, -0.2) is 0 Å². The van der Waals surface area contributed by atoms with Crippen molar-refractivity contribution in [3.8, 4) is 11.4 Å². The summed E-state index contributed by atoms with van der Waals surface area (Å²) in [5.41, 5.74) is 2.46. The van der Waals surface area contributed by atoms with Crippen molar-refractivity contribution in [2.75, 3.05) is 20.8 Å².